The van der Waals surface area contributed by atoms with Gasteiger partial charge in [-0.15, -0.1) is 0 Å². The van der Waals surface area contributed by atoms with Gasteiger partial charge in [0.05, 0.1) is 18.0 Å². The quantitative estimate of drug-likeness (QED) is 0.189. The van der Waals surface area contributed by atoms with E-state index < -0.39 is 8.07 Å². The lowest BCUT2D eigenvalue weighted by molar-refractivity contribution is 0.807. The van der Waals surface area contributed by atoms with Crippen LogP contribution in [0.1, 0.15) is 50.7 Å². The van der Waals surface area contributed by atoms with Gasteiger partial charge >= 0.3 is 0 Å². The standard InChI is InChI=1S/C36H41N5Si/c1-25(2)31-16-10-17-32(26(3)4)34(31)40-21-20-38-35(40)27-12-8-14-29(22-27)42(6,7)30-15-9-13-28(23-30)41-24-39(5)33-18-11-19-37-36(33)41/h8-23,25-26H,24H2,1-7H3. The molecule has 1 aliphatic heterocycles. The normalized spacial score (nSPS) is 13.4. The Bertz CT molecular complexity index is 1710. The molecule has 0 amide bonds. The molecule has 0 radical (unpaired) electrons. The van der Waals surface area contributed by atoms with E-state index in [1.165, 1.54) is 38.6 Å². The molecule has 1 aliphatic rings. The molecule has 0 fully saturated rings. The van der Waals surface area contributed by atoms with Crippen LogP contribution in [0.5, 0.6) is 0 Å². The molecular formula is C36H41N5Si. The number of imidazole rings is 1. The third-order valence-corrected chi connectivity index (χ3v) is 12.2. The molecule has 5 aromatic rings. The molecule has 42 heavy (non-hydrogen) atoms. The Hall–Kier alpha value is -4.16. The Morgan fingerprint density at radius 1 is 0.738 bits per heavy atom. The van der Waals surface area contributed by atoms with Crippen LogP contribution in [-0.4, -0.2) is 36.3 Å². The SMILES string of the molecule is CC(C)c1cccc(C(C)C)c1-n1ccnc1-c1cccc([Si](C)(C)c2cccc(N3CN(C)c4cccnc43)c2)c1. The molecule has 3 aromatic carbocycles. The molecule has 0 N–H and O–H groups in total. The van der Waals surface area contributed by atoms with Gasteiger partial charge in [-0.25, -0.2) is 9.97 Å². The first-order valence-electron chi connectivity index (χ1n) is 15.0. The van der Waals surface area contributed by atoms with Gasteiger partial charge in [-0.2, -0.15) is 0 Å². The maximum atomic E-state index is 4.91. The molecule has 3 heterocycles. The fourth-order valence-electron chi connectivity index (χ4n) is 6.22. The van der Waals surface area contributed by atoms with Crippen LogP contribution in [0.4, 0.5) is 17.2 Å². The summed E-state index contributed by atoms with van der Waals surface area (Å²) in [5.74, 6) is 2.84. The summed E-state index contributed by atoms with van der Waals surface area (Å²) >= 11 is 0. The topological polar surface area (TPSA) is 37.2 Å². The van der Waals surface area contributed by atoms with E-state index in [4.69, 9.17) is 9.97 Å². The van der Waals surface area contributed by atoms with Gasteiger partial charge in [-0.3, -0.25) is 4.57 Å². The first-order chi connectivity index (χ1) is 20.2. The molecule has 214 valence electrons. The van der Waals surface area contributed by atoms with Gasteiger partial charge in [0.2, 0.25) is 0 Å². The molecule has 0 saturated carbocycles. The first-order valence-corrected chi connectivity index (χ1v) is 18.0. The summed E-state index contributed by atoms with van der Waals surface area (Å²) in [5, 5.41) is 2.80. The number of aromatic nitrogens is 3. The fourth-order valence-corrected chi connectivity index (χ4v) is 8.60. The first kappa shape index (κ1) is 28.0. The Morgan fingerprint density at radius 2 is 1.40 bits per heavy atom. The molecule has 0 unspecified atom stereocenters. The van der Waals surface area contributed by atoms with Crippen molar-refractivity contribution in [1.82, 2.24) is 14.5 Å². The van der Waals surface area contributed by atoms with Crippen LogP contribution in [-0.2, 0) is 0 Å². The van der Waals surface area contributed by atoms with E-state index in [1.54, 1.807) is 0 Å². The highest BCUT2D eigenvalue weighted by atomic mass is 28.3. The van der Waals surface area contributed by atoms with Gasteiger partial charge in [0.15, 0.2) is 5.82 Å². The summed E-state index contributed by atoms with van der Waals surface area (Å²) in [6, 6.07) is 29.1. The number of nitrogens with zero attached hydrogens (tertiary/aromatic N) is 5. The number of pyridine rings is 1. The van der Waals surface area contributed by atoms with E-state index in [0.717, 1.165) is 23.9 Å². The average molecular weight is 572 g/mol. The van der Waals surface area contributed by atoms with Crippen LogP contribution in [0.25, 0.3) is 17.1 Å². The Morgan fingerprint density at radius 3 is 2.12 bits per heavy atom. The van der Waals surface area contributed by atoms with Gasteiger partial charge in [0.1, 0.15) is 13.9 Å². The summed E-state index contributed by atoms with van der Waals surface area (Å²) in [4.78, 5) is 14.2. The summed E-state index contributed by atoms with van der Waals surface area (Å²) in [6.07, 6.45) is 5.95. The zero-order valence-electron chi connectivity index (χ0n) is 25.8. The minimum Gasteiger partial charge on any atom is -0.354 e. The maximum absolute atomic E-state index is 4.91. The minimum absolute atomic E-state index is 0.413. The summed E-state index contributed by atoms with van der Waals surface area (Å²) < 4.78 is 2.31. The molecule has 0 atom stereocenters. The van der Waals surface area contributed by atoms with Crippen molar-refractivity contribution in [2.24, 2.45) is 0 Å². The van der Waals surface area contributed by atoms with E-state index in [-0.39, 0.29) is 0 Å². The predicted octanol–water partition coefficient (Wildman–Crippen LogP) is 7.55. The third kappa shape index (κ3) is 4.84. The number of para-hydroxylation sites is 1. The van der Waals surface area contributed by atoms with Crippen LogP contribution < -0.4 is 20.2 Å². The van der Waals surface area contributed by atoms with Crippen molar-refractivity contribution in [3.8, 4) is 17.1 Å². The molecule has 6 rings (SSSR count). The van der Waals surface area contributed by atoms with E-state index in [0.29, 0.717) is 11.8 Å². The number of rotatable bonds is 7. The Kier molecular flexibility index (Phi) is 7.27. The molecule has 0 spiro atoms. The van der Waals surface area contributed by atoms with Gasteiger partial charge in [0, 0.05) is 36.9 Å². The maximum Gasteiger partial charge on any atom is 0.158 e. The highest BCUT2D eigenvalue weighted by Crippen LogP contribution is 2.37. The van der Waals surface area contributed by atoms with E-state index in [9.17, 15) is 0 Å². The van der Waals surface area contributed by atoms with Crippen molar-refractivity contribution >= 4 is 35.6 Å². The number of benzene rings is 3. The van der Waals surface area contributed by atoms with Crippen molar-refractivity contribution in [3.63, 3.8) is 0 Å². The number of hydrogen-bond donors (Lipinski definition) is 0. The Labute approximate surface area is 251 Å². The largest absolute Gasteiger partial charge is 0.354 e. The zero-order chi connectivity index (χ0) is 29.6. The minimum atomic E-state index is -2.04. The molecular weight excluding hydrogens is 531 g/mol. The second-order valence-electron chi connectivity index (χ2n) is 12.6. The second-order valence-corrected chi connectivity index (χ2v) is 17.0. The van der Waals surface area contributed by atoms with Crippen molar-refractivity contribution in [1.29, 1.82) is 0 Å². The number of fused-ring (bicyclic) bond motifs is 1. The van der Waals surface area contributed by atoms with E-state index in [2.05, 4.69) is 141 Å². The van der Waals surface area contributed by atoms with E-state index in [1.807, 2.05) is 18.5 Å². The van der Waals surface area contributed by atoms with Crippen molar-refractivity contribution in [2.45, 2.75) is 52.6 Å². The summed E-state index contributed by atoms with van der Waals surface area (Å²) in [5.41, 5.74) is 7.49. The van der Waals surface area contributed by atoms with Crippen molar-refractivity contribution in [2.75, 3.05) is 23.5 Å². The predicted molar refractivity (Wildman–Crippen MR) is 180 cm³/mol. The van der Waals surface area contributed by atoms with Crippen LogP contribution in [0.2, 0.25) is 13.1 Å². The second kappa shape index (κ2) is 10.9. The third-order valence-electron chi connectivity index (χ3n) is 8.73. The molecule has 0 saturated heterocycles. The lowest BCUT2D eigenvalue weighted by atomic mass is 9.92. The Balaban J connectivity index is 1.39. The number of hydrogen-bond acceptors (Lipinski definition) is 4. The van der Waals surface area contributed by atoms with Gasteiger partial charge in [-0.1, -0.05) is 106 Å². The van der Waals surface area contributed by atoms with Crippen molar-refractivity contribution in [3.05, 3.63) is 109 Å². The molecule has 0 aliphatic carbocycles. The molecule has 5 nitrogen and oxygen atoms in total. The van der Waals surface area contributed by atoms with Crippen LogP contribution in [0, 0.1) is 0 Å². The average Bonchev–Trinajstić information content (AvgIpc) is 3.62. The summed E-state index contributed by atoms with van der Waals surface area (Å²) in [6.45, 7) is 14.8. The number of anilines is 3. The van der Waals surface area contributed by atoms with Crippen LogP contribution in [0.3, 0.4) is 0 Å². The zero-order valence-corrected chi connectivity index (χ0v) is 26.8. The molecule has 6 heteroatoms. The smallest absolute Gasteiger partial charge is 0.158 e. The molecule has 2 aromatic heterocycles. The highest BCUT2D eigenvalue weighted by Gasteiger charge is 2.30. The van der Waals surface area contributed by atoms with Crippen LogP contribution in [0.15, 0.2) is 97.5 Å². The van der Waals surface area contributed by atoms with Gasteiger partial charge in [0.25, 0.3) is 0 Å². The lowest BCUT2D eigenvalue weighted by Crippen LogP contribution is -2.53. The highest BCUT2D eigenvalue weighted by molar-refractivity contribution is 7.00. The molecule has 0 bridgehead atoms. The monoisotopic (exact) mass is 571 g/mol. The fraction of sp³-hybridized carbons (Fsp3) is 0.278. The van der Waals surface area contributed by atoms with Gasteiger partial charge < -0.3 is 9.80 Å². The van der Waals surface area contributed by atoms with Crippen molar-refractivity contribution < 1.29 is 0 Å². The van der Waals surface area contributed by atoms with Crippen LogP contribution >= 0.6 is 0 Å². The van der Waals surface area contributed by atoms with Gasteiger partial charge in [-0.05, 0) is 47.2 Å². The summed E-state index contributed by atoms with van der Waals surface area (Å²) in [7, 11) is 0.0848. The van der Waals surface area contributed by atoms with E-state index >= 15 is 0 Å². The lowest BCUT2D eigenvalue weighted by Gasteiger charge is -2.27.